The molecule has 0 aliphatic rings. The lowest BCUT2D eigenvalue weighted by molar-refractivity contribution is -0.276. The Labute approximate surface area is 130 Å². The second-order valence-corrected chi connectivity index (χ2v) is 6.37. The Kier molecular flexibility index (Phi) is 7.50. The highest BCUT2D eigenvalue weighted by Gasteiger charge is 2.35. The summed E-state index contributed by atoms with van der Waals surface area (Å²) >= 11 is 0. The Morgan fingerprint density at radius 2 is 1.64 bits per heavy atom. The number of hydrogen-bond donors (Lipinski definition) is 1. The largest absolute Gasteiger partial charge is 0.573 e. The summed E-state index contributed by atoms with van der Waals surface area (Å²) in [5, 5.41) is 0. The first-order valence-corrected chi connectivity index (χ1v) is 7.80. The molecule has 0 radical (unpaired) electrons. The first kappa shape index (κ1) is 20.9. The van der Waals surface area contributed by atoms with Gasteiger partial charge in [-0.1, -0.05) is 19.9 Å². The van der Waals surface area contributed by atoms with E-state index in [-0.39, 0.29) is 10.5 Å². The van der Waals surface area contributed by atoms with Crippen LogP contribution in [0.25, 0.3) is 0 Å². The standard InChI is InChI=1S/C12H15F4NO2S.C2H6/c1-7-5-6-8(20(18)17-11(2,3)4)10(9(7)13)19-12(14,15)16;1-2/h5-6,17H,1-4H3;1-2H3. The number of alkyl halides is 3. The fraction of sp³-hybridized carbons (Fsp3) is 0.571. The number of benzene rings is 1. The van der Waals surface area contributed by atoms with Gasteiger partial charge in [-0.3, -0.25) is 0 Å². The van der Waals surface area contributed by atoms with E-state index in [0.717, 1.165) is 6.07 Å². The van der Waals surface area contributed by atoms with Crippen molar-refractivity contribution in [1.82, 2.24) is 4.72 Å². The summed E-state index contributed by atoms with van der Waals surface area (Å²) in [5.74, 6) is -2.24. The third kappa shape index (κ3) is 6.74. The molecular weight excluding hydrogens is 322 g/mol. The second kappa shape index (κ2) is 7.92. The molecule has 1 atom stereocenters. The molecule has 1 aromatic carbocycles. The van der Waals surface area contributed by atoms with Gasteiger partial charge in [-0.2, -0.15) is 0 Å². The summed E-state index contributed by atoms with van der Waals surface area (Å²) < 4.78 is 69.0. The van der Waals surface area contributed by atoms with Crippen molar-refractivity contribution in [2.75, 3.05) is 0 Å². The molecule has 22 heavy (non-hydrogen) atoms. The molecule has 0 spiro atoms. The first-order chi connectivity index (χ1) is 9.91. The fourth-order valence-corrected chi connectivity index (χ4v) is 2.48. The molecule has 0 aliphatic heterocycles. The van der Waals surface area contributed by atoms with Crippen LogP contribution in [-0.4, -0.2) is 16.1 Å². The molecule has 128 valence electrons. The van der Waals surface area contributed by atoms with Crippen molar-refractivity contribution < 1.29 is 26.5 Å². The molecule has 0 saturated heterocycles. The molecule has 1 unspecified atom stereocenters. The highest BCUT2D eigenvalue weighted by molar-refractivity contribution is 7.83. The SMILES string of the molecule is CC.Cc1ccc(S(=O)NC(C)(C)C)c(OC(F)(F)F)c1F. The molecule has 0 aliphatic carbocycles. The Morgan fingerprint density at radius 3 is 2.05 bits per heavy atom. The summed E-state index contributed by atoms with van der Waals surface area (Å²) in [6.07, 6.45) is -5.06. The molecule has 1 aromatic rings. The molecule has 0 fully saturated rings. The zero-order valence-corrected chi connectivity index (χ0v) is 14.2. The lowest BCUT2D eigenvalue weighted by Crippen LogP contribution is -2.37. The maximum absolute atomic E-state index is 13.8. The molecule has 0 aromatic heterocycles. The van der Waals surface area contributed by atoms with Crippen LogP contribution in [0.1, 0.15) is 40.2 Å². The van der Waals surface area contributed by atoms with Gasteiger partial charge in [0.25, 0.3) is 0 Å². The van der Waals surface area contributed by atoms with E-state index in [2.05, 4.69) is 9.46 Å². The second-order valence-electron chi connectivity index (χ2n) is 5.19. The predicted molar refractivity (Wildman–Crippen MR) is 78.5 cm³/mol. The first-order valence-electron chi connectivity index (χ1n) is 6.65. The van der Waals surface area contributed by atoms with Gasteiger partial charge in [0.05, 0.1) is 4.90 Å². The monoisotopic (exact) mass is 343 g/mol. The van der Waals surface area contributed by atoms with Gasteiger partial charge in [-0.05, 0) is 39.3 Å². The molecule has 0 saturated carbocycles. The lowest BCUT2D eigenvalue weighted by Gasteiger charge is -2.21. The molecule has 1 N–H and O–H groups in total. The maximum Gasteiger partial charge on any atom is 0.573 e. The van der Waals surface area contributed by atoms with Crippen LogP contribution in [0.4, 0.5) is 17.6 Å². The van der Waals surface area contributed by atoms with Crippen molar-refractivity contribution in [2.24, 2.45) is 0 Å². The van der Waals surface area contributed by atoms with E-state index < -0.39 is 34.5 Å². The zero-order valence-electron chi connectivity index (χ0n) is 13.4. The highest BCUT2D eigenvalue weighted by Crippen LogP contribution is 2.33. The molecule has 8 heteroatoms. The number of nitrogens with one attached hydrogen (secondary N) is 1. The smallest absolute Gasteiger partial charge is 0.401 e. The van der Waals surface area contributed by atoms with Crippen LogP contribution in [0.5, 0.6) is 5.75 Å². The number of hydrogen-bond acceptors (Lipinski definition) is 2. The van der Waals surface area contributed by atoms with Crippen LogP contribution in [0.15, 0.2) is 17.0 Å². The van der Waals surface area contributed by atoms with E-state index in [1.54, 1.807) is 20.8 Å². The Morgan fingerprint density at radius 1 is 1.14 bits per heavy atom. The zero-order chi connectivity index (χ0) is 17.7. The van der Waals surface area contributed by atoms with Crippen molar-refractivity contribution in [1.29, 1.82) is 0 Å². The van der Waals surface area contributed by atoms with Crippen molar-refractivity contribution in [3.8, 4) is 5.75 Å². The normalized spacial score (nSPS) is 13.2. The van der Waals surface area contributed by atoms with Crippen molar-refractivity contribution >= 4 is 11.0 Å². The number of rotatable bonds is 3. The minimum Gasteiger partial charge on any atom is -0.401 e. The van der Waals surface area contributed by atoms with E-state index in [1.165, 1.54) is 13.0 Å². The Bertz CT molecular complexity index is 525. The average Bonchev–Trinajstić information content (AvgIpc) is 2.34. The van der Waals surface area contributed by atoms with E-state index in [1.807, 2.05) is 13.8 Å². The van der Waals surface area contributed by atoms with Crippen LogP contribution in [0.3, 0.4) is 0 Å². The third-order valence-electron chi connectivity index (χ3n) is 2.07. The highest BCUT2D eigenvalue weighted by atomic mass is 32.2. The lowest BCUT2D eigenvalue weighted by atomic mass is 10.1. The number of ether oxygens (including phenoxy) is 1. The average molecular weight is 343 g/mol. The maximum atomic E-state index is 13.8. The van der Waals surface area contributed by atoms with Gasteiger partial charge in [0.15, 0.2) is 11.6 Å². The van der Waals surface area contributed by atoms with Crippen LogP contribution < -0.4 is 9.46 Å². The Balaban J connectivity index is 0.00000211. The van der Waals surface area contributed by atoms with Crippen molar-refractivity contribution in [3.05, 3.63) is 23.5 Å². The summed E-state index contributed by atoms with van der Waals surface area (Å²) in [6.45, 7) is 10.3. The van der Waals surface area contributed by atoms with Gasteiger partial charge in [0.2, 0.25) is 0 Å². The van der Waals surface area contributed by atoms with E-state index in [4.69, 9.17) is 0 Å². The molecule has 1 rings (SSSR count). The summed E-state index contributed by atoms with van der Waals surface area (Å²) in [6, 6.07) is 2.39. The van der Waals surface area contributed by atoms with Gasteiger partial charge in [0, 0.05) is 5.54 Å². The minimum absolute atomic E-state index is 0.0271. The van der Waals surface area contributed by atoms with Gasteiger partial charge < -0.3 is 4.74 Å². The molecule has 0 amide bonds. The van der Waals surface area contributed by atoms with Gasteiger partial charge in [-0.15, -0.1) is 13.2 Å². The molecular formula is C14H21F4NO2S. The van der Waals surface area contributed by atoms with Crippen LogP contribution in [0, 0.1) is 12.7 Å². The van der Waals surface area contributed by atoms with E-state index >= 15 is 0 Å². The number of halogens is 4. The van der Waals surface area contributed by atoms with Crippen LogP contribution >= 0.6 is 0 Å². The minimum atomic E-state index is -5.06. The van der Waals surface area contributed by atoms with Gasteiger partial charge in [-0.25, -0.2) is 13.3 Å². The van der Waals surface area contributed by atoms with Gasteiger partial charge >= 0.3 is 6.36 Å². The van der Waals surface area contributed by atoms with Crippen LogP contribution in [-0.2, 0) is 11.0 Å². The van der Waals surface area contributed by atoms with Crippen molar-refractivity contribution in [2.45, 2.75) is 58.3 Å². The van der Waals surface area contributed by atoms with Gasteiger partial charge in [0.1, 0.15) is 11.0 Å². The van der Waals surface area contributed by atoms with Crippen molar-refractivity contribution in [3.63, 3.8) is 0 Å². The molecule has 0 bridgehead atoms. The van der Waals surface area contributed by atoms with E-state index in [0.29, 0.717) is 0 Å². The summed E-state index contributed by atoms with van der Waals surface area (Å²) in [4.78, 5) is -0.389. The Hall–Kier alpha value is -1.15. The molecule has 0 heterocycles. The third-order valence-corrected chi connectivity index (χ3v) is 3.59. The quantitative estimate of drug-likeness (QED) is 0.823. The number of aryl methyl sites for hydroxylation is 1. The van der Waals surface area contributed by atoms with E-state index in [9.17, 15) is 21.8 Å². The summed E-state index contributed by atoms with van der Waals surface area (Å²) in [5.41, 5.74) is -0.650. The fourth-order valence-electron chi connectivity index (χ4n) is 1.33. The summed E-state index contributed by atoms with van der Waals surface area (Å²) in [7, 11) is -2.03. The van der Waals surface area contributed by atoms with Crippen LogP contribution in [0.2, 0.25) is 0 Å². The topological polar surface area (TPSA) is 38.3 Å². The molecule has 3 nitrogen and oxygen atoms in total. The predicted octanol–water partition coefficient (Wildman–Crippen LogP) is 4.47.